The Balaban J connectivity index is 2.34. The number of H-pyrrole nitrogens is 1. The van der Waals surface area contributed by atoms with E-state index in [1.165, 1.54) is 0 Å². The molecule has 2 aromatic heterocycles. The Kier molecular flexibility index (Phi) is 6.46. The first-order chi connectivity index (χ1) is 12.0. The molecule has 0 fully saturated rings. The van der Waals surface area contributed by atoms with E-state index >= 15 is 0 Å². The molecule has 2 heterocycles. The molecule has 0 aliphatic rings. The van der Waals surface area contributed by atoms with Gasteiger partial charge in [0.1, 0.15) is 0 Å². The number of fused-ring (bicyclic) bond motifs is 1. The second kappa shape index (κ2) is 8.05. The van der Waals surface area contributed by atoms with Crippen molar-refractivity contribution in [3.05, 3.63) is 20.1 Å². The number of rotatable bonds is 6. The van der Waals surface area contributed by atoms with Crippen molar-refractivity contribution in [3.8, 4) is 0 Å². The Morgan fingerprint density at radius 2 is 2.04 bits per heavy atom. The number of amides is 1. The summed E-state index contributed by atoms with van der Waals surface area (Å²) in [7, 11) is 0. The van der Waals surface area contributed by atoms with Crippen LogP contribution in [-0.4, -0.2) is 42.9 Å². The lowest BCUT2D eigenvalue weighted by Crippen LogP contribution is -2.29. The topological polar surface area (TPSA) is 120 Å². The zero-order valence-electron chi connectivity index (χ0n) is 15.3. The highest BCUT2D eigenvalue weighted by atomic mass is 127. The number of aromatic nitrogens is 3. The summed E-state index contributed by atoms with van der Waals surface area (Å²) in [5.41, 5.74) is -0.526. The van der Waals surface area contributed by atoms with Crippen LogP contribution in [0, 0.1) is 8.99 Å². The fourth-order valence-corrected chi connectivity index (χ4v) is 3.23. The highest BCUT2D eigenvalue weighted by Crippen LogP contribution is 2.21. The summed E-state index contributed by atoms with van der Waals surface area (Å²) in [5, 5.41) is 22.7. The molecule has 0 radical (unpaired) electrons. The van der Waals surface area contributed by atoms with Crippen LogP contribution < -0.4 is 10.9 Å². The minimum Gasteiger partial charge on any atom is -0.390 e. The van der Waals surface area contributed by atoms with Crippen molar-refractivity contribution < 1.29 is 15.0 Å². The maximum atomic E-state index is 12.4. The van der Waals surface area contributed by atoms with Gasteiger partial charge in [0, 0.05) is 21.7 Å². The van der Waals surface area contributed by atoms with Gasteiger partial charge in [-0.1, -0.05) is 27.7 Å². The van der Waals surface area contributed by atoms with Gasteiger partial charge in [0.05, 0.1) is 17.6 Å². The number of hydrogen-bond donors (Lipinski definition) is 4. The standard InChI is InChI=1S/C17H25IN4O4/c1-5-10(23)11(24)6-7-22-8-9(18)12-13(22)19-16(20-14(12)25)21-15(26)17(2,3)4/h8,10-11,23-24H,5-7H2,1-4H3,(H2,19,20,21,25,26)/t10-,11-/m1/s1. The number of aliphatic hydroxyl groups excluding tert-OH is 2. The molecule has 2 aromatic rings. The third kappa shape index (κ3) is 4.63. The first kappa shape index (κ1) is 20.8. The summed E-state index contributed by atoms with van der Waals surface area (Å²) < 4.78 is 2.48. The van der Waals surface area contributed by atoms with E-state index in [-0.39, 0.29) is 17.4 Å². The molecule has 9 heteroatoms. The quantitative estimate of drug-likeness (QED) is 0.475. The van der Waals surface area contributed by atoms with Gasteiger partial charge in [-0.25, -0.2) is 0 Å². The SMILES string of the molecule is CC[C@@H](O)[C@H](O)CCn1cc(I)c2c(=O)[nH]c(NC(=O)C(C)(C)C)nc21. The monoisotopic (exact) mass is 476 g/mol. The zero-order chi connectivity index (χ0) is 19.6. The van der Waals surface area contributed by atoms with Crippen LogP contribution in [0.1, 0.15) is 40.5 Å². The molecular weight excluding hydrogens is 451 g/mol. The minimum absolute atomic E-state index is 0.0901. The second-order valence-corrected chi connectivity index (χ2v) is 8.48. The summed E-state index contributed by atoms with van der Waals surface area (Å²) in [6, 6.07) is 0. The van der Waals surface area contributed by atoms with E-state index in [1.54, 1.807) is 38.5 Å². The van der Waals surface area contributed by atoms with Crippen molar-refractivity contribution >= 4 is 45.5 Å². The third-order valence-electron chi connectivity index (χ3n) is 4.12. The van der Waals surface area contributed by atoms with Gasteiger partial charge < -0.3 is 14.8 Å². The van der Waals surface area contributed by atoms with Crippen molar-refractivity contribution in [2.24, 2.45) is 5.41 Å². The van der Waals surface area contributed by atoms with Crippen LogP contribution in [0.5, 0.6) is 0 Å². The number of halogens is 1. The molecule has 0 aliphatic heterocycles. The van der Waals surface area contributed by atoms with Crippen molar-refractivity contribution in [3.63, 3.8) is 0 Å². The maximum Gasteiger partial charge on any atom is 0.262 e. The summed E-state index contributed by atoms with van der Waals surface area (Å²) >= 11 is 2.05. The van der Waals surface area contributed by atoms with Crippen molar-refractivity contribution in [2.75, 3.05) is 5.32 Å². The van der Waals surface area contributed by atoms with E-state index in [4.69, 9.17) is 0 Å². The maximum absolute atomic E-state index is 12.4. The molecule has 144 valence electrons. The summed E-state index contributed by atoms with van der Waals surface area (Å²) in [6.07, 6.45) is 0.929. The predicted octanol–water partition coefficient (Wildman–Crippen LogP) is 1.84. The van der Waals surface area contributed by atoms with Gasteiger partial charge >= 0.3 is 0 Å². The lowest BCUT2D eigenvalue weighted by atomic mass is 9.96. The fraction of sp³-hybridized carbons (Fsp3) is 0.588. The number of anilines is 1. The van der Waals surface area contributed by atoms with Crippen LogP contribution in [-0.2, 0) is 11.3 Å². The van der Waals surface area contributed by atoms with Crippen molar-refractivity contribution in [2.45, 2.75) is 59.3 Å². The van der Waals surface area contributed by atoms with Crippen LogP contribution in [0.4, 0.5) is 5.95 Å². The summed E-state index contributed by atoms with van der Waals surface area (Å²) in [4.78, 5) is 31.5. The summed E-state index contributed by atoms with van der Waals surface area (Å²) in [6.45, 7) is 7.50. The zero-order valence-corrected chi connectivity index (χ0v) is 17.5. The molecule has 2 rings (SSSR count). The molecule has 0 saturated carbocycles. The largest absolute Gasteiger partial charge is 0.390 e. The number of carbonyl (C=O) groups excluding carboxylic acids is 1. The molecule has 4 N–H and O–H groups in total. The lowest BCUT2D eigenvalue weighted by Gasteiger charge is -2.17. The average molecular weight is 476 g/mol. The van der Waals surface area contributed by atoms with E-state index < -0.39 is 17.6 Å². The molecule has 0 saturated heterocycles. The Morgan fingerprint density at radius 3 is 2.62 bits per heavy atom. The molecule has 0 unspecified atom stereocenters. The normalized spacial score (nSPS) is 14.4. The molecular formula is C17H25IN4O4. The highest BCUT2D eigenvalue weighted by molar-refractivity contribution is 14.1. The Hall–Kier alpha value is -1.46. The molecule has 8 nitrogen and oxygen atoms in total. The minimum atomic E-state index is -0.850. The average Bonchev–Trinajstić information content (AvgIpc) is 2.87. The fourth-order valence-electron chi connectivity index (χ4n) is 2.41. The van der Waals surface area contributed by atoms with Crippen LogP contribution in [0.2, 0.25) is 0 Å². The van der Waals surface area contributed by atoms with Gasteiger partial charge in [0.15, 0.2) is 5.65 Å². The number of hydrogen-bond acceptors (Lipinski definition) is 5. The first-order valence-corrected chi connectivity index (χ1v) is 9.58. The number of aromatic amines is 1. The van der Waals surface area contributed by atoms with Gasteiger partial charge in [0.25, 0.3) is 5.56 Å². The van der Waals surface area contributed by atoms with Crippen LogP contribution in [0.15, 0.2) is 11.0 Å². The van der Waals surface area contributed by atoms with Gasteiger partial charge in [-0.3, -0.25) is 19.9 Å². The number of aryl methyl sites for hydroxylation is 1. The number of nitrogens with zero attached hydrogens (tertiary/aromatic N) is 2. The Morgan fingerprint density at radius 1 is 1.38 bits per heavy atom. The molecule has 0 aromatic carbocycles. The predicted molar refractivity (Wildman–Crippen MR) is 108 cm³/mol. The molecule has 2 atom stereocenters. The summed E-state index contributed by atoms with van der Waals surface area (Å²) in [5.74, 6) is -0.165. The van der Waals surface area contributed by atoms with Gasteiger partial charge in [-0.15, -0.1) is 0 Å². The molecule has 0 aliphatic carbocycles. The van der Waals surface area contributed by atoms with E-state index in [9.17, 15) is 19.8 Å². The number of carbonyl (C=O) groups is 1. The molecule has 0 spiro atoms. The van der Waals surface area contributed by atoms with Crippen molar-refractivity contribution in [1.82, 2.24) is 14.5 Å². The Labute approximate surface area is 165 Å². The molecule has 1 amide bonds. The number of nitrogens with one attached hydrogen (secondary N) is 2. The van der Waals surface area contributed by atoms with Crippen molar-refractivity contribution in [1.29, 1.82) is 0 Å². The number of aliphatic hydroxyl groups is 2. The third-order valence-corrected chi connectivity index (χ3v) is 4.94. The highest BCUT2D eigenvalue weighted by Gasteiger charge is 2.23. The second-order valence-electron chi connectivity index (χ2n) is 7.32. The van der Waals surface area contributed by atoms with E-state index in [0.29, 0.717) is 30.4 Å². The first-order valence-electron chi connectivity index (χ1n) is 8.50. The van der Waals surface area contributed by atoms with E-state index in [0.717, 1.165) is 3.57 Å². The molecule has 0 bridgehead atoms. The van der Waals surface area contributed by atoms with Gasteiger partial charge in [-0.2, -0.15) is 4.98 Å². The van der Waals surface area contributed by atoms with Gasteiger partial charge in [-0.05, 0) is 35.4 Å². The molecule has 26 heavy (non-hydrogen) atoms. The van der Waals surface area contributed by atoms with Crippen LogP contribution >= 0.6 is 22.6 Å². The van der Waals surface area contributed by atoms with E-state index in [1.807, 2.05) is 0 Å². The van der Waals surface area contributed by atoms with Crippen LogP contribution in [0.25, 0.3) is 11.0 Å². The lowest BCUT2D eigenvalue weighted by molar-refractivity contribution is -0.123. The Bertz CT molecular complexity index is 853. The van der Waals surface area contributed by atoms with E-state index in [2.05, 4.69) is 37.9 Å². The van der Waals surface area contributed by atoms with Crippen LogP contribution in [0.3, 0.4) is 0 Å². The smallest absolute Gasteiger partial charge is 0.262 e. The van der Waals surface area contributed by atoms with Gasteiger partial charge in [0.2, 0.25) is 11.9 Å².